The van der Waals surface area contributed by atoms with Crippen molar-refractivity contribution in [3.63, 3.8) is 0 Å². The van der Waals surface area contributed by atoms with E-state index < -0.39 is 38.6 Å². The fraction of sp³-hybridized carbons (Fsp3) is 0.417. The van der Waals surface area contributed by atoms with Gasteiger partial charge in [-0.1, -0.05) is 13.8 Å². The van der Waals surface area contributed by atoms with Crippen molar-refractivity contribution in [3.05, 3.63) is 35.4 Å². The van der Waals surface area contributed by atoms with Crippen LogP contribution in [0, 0.1) is 17.6 Å². The summed E-state index contributed by atoms with van der Waals surface area (Å²) in [5, 5.41) is 0. The molecular formula is C12H14F2O3S. The minimum absolute atomic E-state index is 0.110. The van der Waals surface area contributed by atoms with Crippen LogP contribution in [-0.2, 0) is 9.84 Å². The van der Waals surface area contributed by atoms with Gasteiger partial charge in [-0.15, -0.1) is 0 Å². The molecule has 0 radical (unpaired) electrons. The Morgan fingerprint density at radius 2 is 1.89 bits per heavy atom. The van der Waals surface area contributed by atoms with E-state index in [-0.39, 0.29) is 11.7 Å². The molecular weight excluding hydrogens is 262 g/mol. The molecule has 0 unspecified atom stereocenters. The minimum atomic E-state index is -3.57. The molecule has 1 rings (SSSR count). The molecule has 0 aliphatic rings. The van der Waals surface area contributed by atoms with Crippen LogP contribution in [0.5, 0.6) is 0 Å². The smallest absolute Gasteiger partial charge is 0.180 e. The van der Waals surface area contributed by atoms with E-state index in [1.165, 1.54) is 0 Å². The number of hydrogen-bond donors (Lipinski definition) is 0. The molecule has 0 fully saturated rings. The Labute approximate surface area is 105 Å². The third-order valence-corrected chi connectivity index (χ3v) is 4.05. The molecule has 100 valence electrons. The first-order valence-corrected chi connectivity index (χ1v) is 7.22. The summed E-state index contributed by atoms with van der Waals surface area (Å²) in [7, 11) is -3.57. The van der Waals surface area contributed by atoms with Gasteiger partial charge in [0.15, 0.2) is 15.6 Å². The molecule has 0 spiro atoms. The molecule has 0 N–H and O–H groups in total. The zero-order valence-corrected chi connectivity index (χ0v) is 10.9. The summed E-state index contributed by atoms with van der Waals surface area (Å²) in [6, 6.07) is 2.44. The Kier molecular flexibility index (Phi) is 4.56. The van der Waals surface area contributed by atoms with E-state index in [1.54, 1.807) is 13.8 Å². The summed E-state index contributed by atoms with van der Waals surface area (Å²) in [6.45, 7) is 3.42. The average Bonchev–Trinajstić information content (AvgIpc) is 2.13. The number of carbonyl (C=O) groups excluding carboxylic acids is 1. The predicted octanol–water partition coefficient (Wildman–Crippen LogP) is 2.22. The lowest BCUT2D eigenvalue weighted by Gasteiger charge is -2.07. The SMILES string of the molecule is CC(C)CS(=O)(=O)CC(=O)c1ccc(F)cc1F. The first kappa shape index (κ1) is 14.8. The first-order chi connectivity index (χ1) is 8.21. The summed E-state index contributed by atoms with van der Waals surface area (Å²) >= 11 is 0. The van der Waals surface area contributed by atoms with E-state index in [4.69, 9.17) is 0 Å². The zero-order valence-electron chi connectivity index (χ0n) is 10.1. The van der Waals surface area contributed by atoms with E-state index in [0.717, 1.165) is 12.1 Å². The van der Waals surface area contributed by atoms with Crippen molar-refractivity contribution in [2.45, 2.75) is 13.8 Å². The second-order valence-electron chi connectivity index (χ2n) is 4.50. The van der Waals surface area contributed by atoms with Crippen molar-refractivity contribution in [2.24, 2.45) is 5.92 Å². The predicted molar refractivity (Wildman–Crippen MR) is 64.2 cm³/mol. The van der Waals surface area contributed by atoms with Gasteiger partial charge in [-0.2, -0.15) is 0 Å². The maximum Gasteiger partial charge on any atom is 0.180 e. The van der Waals surface area contributed by atoms with Crippen molar-refractivity contribution in [1.29, 1.82) is 0 Å². The summed E-state index contributed by atoms with van der Waals surface area (Å²) in [6.07, 6.45) is 0. The van der Waals surface area contributed by atoms with Crippen molar-refractivity contribution < 1.29 is 22.0 Å². The van der Waals surface area contributed by atoms with E-state index in [1.807, 2.05) is 0 Å². The van der Waals surface area contributed by atoms with Crippen LogP contribution in [0.25, 0.3) is 0 Å². The van der Waals surface area contributed by atoms with Crippen LogP contribution in [0.3, 0.4) is 0 Å². The first-order valence-electron chi connectivity index (χ1n) is 5.40. The quantitative estimate of drug-likeness (QED) is 0.775. The molecule has 0 heterocycles. The molecule has 1 aromatic carbocycles. The molecule has 1 aromatic rings. The molecule has 0 aromatic heterocycles. The maximum absolute atomic E-state index is 13.3. The monoisotopic (exact) mass is 276 g/mol. The highest BCUT2D eigenvalue weighted by atomic mass is 32.2. The molecule has 0 aliphatic heterocycles. The molecule has 0 atom stereocenters. The van der Waals surface area contributed by atoms with Gasteiger partial charge in [0.25, 0.3) is 0 Å². The summed E-state index contributed by atoms with van der Waals surface area (Å²) < 4.78 is 49.1. The third-order valence-electron chi connectivity index (χ3n) is 2.17. The van der Waals surface area contributed by atoms with Crippen LogP contribution in [0.15, 0.2) is 18.2 Å². The Bertz CT molecular complexity index is 550. The van der Waals surface area contributed by atoms with Crippen LogP contribution < -0.4 is 0 Å². The van der Waals surface area contributed by atoms with Gasteiger partial charge in [0, 0.05) is 6.07 Å². The Hall–Kier alpha value is -1.30. The lowest BCUT2D eigenvalue weighted by Crippen LogP contribution is -2.22. The van der Waals surface area contributed by atoms with E-state index in [9.17, 15) is 22.0 Å². The second kappa shape index (κ2) is 5.56. The van der Waals surface area contributed by atoms with Crippen molar-refractivity contribution >= 4 is 15.6 Å². The van der Waals surface area contributed by atoms with E-state index in [0.29, 0.717) is 6.07 Å². The molecule has 0 amide bonds. The van der Waals surface area contributed by atoms with Crippen molar-refractivity contribution in [1.82, 2.24) is 0 Å². The van der Waals surface area contributed by atoms with Gasteiger partial charge >= 0.3 is 0 Å². The van der Waals surface area contributed by atoms with Gasteiger partial charge in [0.2, 0.25) is 0 Å². The highest BCUT2D eigenvalue weighted by molar-refractivity contribution is 7.92. The molecule has 0 saturated carbocycles. The number of carbonyl (C=O) groups is 1. The second-order valence-corrected chi connectivity index (χ2v) is 6.60. The number of ketones is 1. The van der Waals surface area contributed by atoms with Gasteiger partial charge in [-0.25, -0.2) is 17.2 Å². The minimum Gasteiger partial charge on any atom is -0.293 e. The van der Waals surface area contributed by atoms with Crippen LogP contribution in [-0.4, -0.2) is 25.7 Å². The lowest BCUT2D eigenvalue weighted by molar-refractivity contribution is 0.101. The number of benzene rings is 1. The molecule has 0 aliphatic carbocycles. The Balaban J connectivity index is 2.89. The average molecular weight is 276 g/mol. The van der Waals surface area contributed by atoms with Gasteiger partial charge in [0.1, 0.15) is 17.4 Å². The summed E-state index contributed by atoms with van der Waals surface area (Å²) in [5.74, 6) is -3.71. The number of rotatable bonds is 5. The molecule has 3 nitrogen and oxygen atoms in total. The molecule has 18 heavy (non-hydrogen) atoms. The number of halogens is 2. The van der Waals surface area contributed by atoms with E-state index >= 15 is 0 Å². The van der Waals surface area contributed by atoms with Crippen LogP contribution >= 0.6 is 0 Å². The maximum atomic E-state index is 13.3. The molecule has 6 heteroatoms. The van der Waals surface area contributed by atoms with Gasteiger partial charge < -0.3 is 0 Å². The summed E-state index contributed by atoms with van der Waals surface area (Å²) in [5.41, 5.74) is -0.399. The number of Topliss-reactive ketones (excluding diaryl/α,β-unsaturated/α-hetero) is 1. The largest absolute Gasteiger partial charge is 0.293 e. The highest BCUT2D eigenvalue weighted by Gasteiger charge is 2.21. The normalized spacial score (nSPS) is 11.8. The topological polar surface area (TPSA) is 51.2 Å². The van der Waals surface area contributed by atoms with Crippen LogP contribution in [0.1, 0.15) is 24.2 Å². The van der Waals surface area contributed by atoms with Gasteiger partial charge in [-0.05, 0) is 18.1 Å². The fourth-order valence-corrected chi connectivity index (χ4v) is 3.25. The van der Waals surface area contributed by atoms with Crippen LogP contribution in [0.4, 0.5) is 8.78 Å². The fourth-order valence-electron chi connectivity index (χ4n) is 1.56. The molecule has 0 saturated heterocycles. The van der Waals surface area contributed by atoms with E-state index in [2.05, 4.69) is 0 Å². The number of hydrogen-bond acceptors (Lipinski definition) is 3. The summed E-state index contributed by atoms with van der Waals surface area (Å²) in [4.78, 5) is 11.6. The molecule has 0 bridgehead atoms. The van der Waals surface area contributed by atoms with Gasteiger partial charge in [0.05, 0.1) is 11.3 Å². The highest BCUT2D eigenvalue weighted by Crippen LogP contribution is 2.12. The zero-order chi connectivity index (χ0) is 13.9. The third kappa shape index (κ3) is 4.18. The van der Waals surface area contributed by atoms with Gasteiger partial charge in [-0.3, -0.25) is 4.79 Å². The lowest BCUT2D eigenvalue weighted by atomic mass is 10.1. The van der Waals surface area contributed by atoms with Crippen molar-refractivity contribution in [3.8, 4) is 0 Å². The standard InChI is InChI=1S/C12H14F2O3S/c1-8(2)6-18(16,17)7-12(15)10-4-3-9(13)5-11(10)14/h3-5,8H,6-7H2,1-2H3. The Morgan fingerprint density at radius 1 is 1.28 bits per heavy atom. The number of sulfone groups is 1. The van der Waals surface area contributed by atoms with Crippen molar-refractivity contribution in [2.75, 3.05) is 11.5 Å². The van der Waals surface area contributed by atoms with Crippen LogP contribution in [0.2, 0.25) is 0 Å². The Morgan fingerprint density at radius 3 is 2.39 bits per heavy atom.